The molecule has 3 heteroatoms. The van der Waals surface area contributed by atoms with Gasteiger partial charge in [-0.25, -0.2) is 0 Å². The first kappa shape index (κ1) is 15.5. The Hall–Kier alpha value is -0.570. The average Bonchev–Trinajstić information content (AvgIpc) is 2.28. The van der Waals surface area contributed by atoms with Gasteiger partial charge in [0, 0.05) is 24.2 Å². The van der Waals surface area contributed by atoms with E-state index >= 15 is 0 Å². The van der Waals surface area contributed by atoms with Crippen molar-refractivity contribution in [1.82, 2.24) is 5.32 Å². The molecule has 1 unspecified atom stereocenters. The Morgan fingerprint density at radius 3 is 2.44 bits per heavy atom. The zero-order chi connectivity index (χ0) is 13.8. The van der Waals surface area contributed by atoms with Gasteiger partial charge in [-0.05, 0) is 45.7 Å². The summed E-state index contributed by atoms with van der Waals surface area (Å²) in [6.45, 7) is 8.52. The van der Waals surface area contributed by atoms with Gasteiger partial charge in [0.05, 0.1) is 5.60 Å². The van der Waals surface area contributed by atoms with Gasteiger partial charge in [-0.2, -0.15) is 0 Å². The molecule has 1 aromatic rings. The van der Waals surface area contributed by atoms with Gasteiger partial charge in [-0.15, -0.1) is 0 Å². The highest BCUT2D eigenvalue weighted by molar-refractivity contribution is 6.31. The molecule has 1 rings (SSSR count). The summed E-state index contributed by atoms with van der Waals surface area (Å²) >= 11 is 6.20. The molecule has 0 aliphatic carbocycles. The van der Waals surface area contributed by atoms with Crippen molar-refractivity contribution in [3.05, 3.63) is 34.9 Å². The zero-order valence-corrected chi connectivity index (χ0v) is 12.7. The molecule has 0 fully saturated rings. The number of hydrogen-bond acceptors (Lipinski definition) is 2. The first-order chi connectivity index (χ1) is 8.35. The lowest BCUT2D eigenvalue weighted by atomic mass is 9.98. The first-order valence-electron chi connectivity index (χ1n) is 6.41. The monoisotopic (exact) mass is 269 g/mol. The largest absolute Gasteiger partial charge is 0.379 e. The van der Waals surface area contributed by atoms with Crippen molar-refractivity contribution in [2.24, 2.45) is 0 Å². The molecular weight excluding hydrogens is 246 g/mol. The molecule has 0 aliphatic heterocycles. The Morgan fingerprint density at radius 2 is 1.89 bits per heavy atom. The van der Waals surface area contributed by atoms with Crippen molar-refractivity contribution < 1.29 is 4.74 Å². The van der Waals surface area contributed by atoms with E-state index in [0.717, 1.165) is 17.0 Å². The summed E-state index contributed by atoms with van der Waals surface area (Å²) in [5.74, 6) is 0. The predicted molar refractivity (Wildman–Crippen MR) is 78.2 cm³/mol. The van der Waals surface area contributed by atoms with Crippen LogP contribution in [0.5, 0.6) is 0 Å². The Balaban J connectivity index is 2.60. The fourth-order valence-electron chi connectivity index (χ4n) is 2.22. The molecule has 18 heavy (non-hydrogen) atoms. The summed E-state index contributed by atoms with van der Waals surface area (Å²) in [7, 11) is 1.75. The van der Waals surface area contributed by atoms with E-state index in [9.17, 15) is 0 Å². The minimum atomic E-state index is -0.105. The summed E-state index contributed by atoms with van der Waals surface area (Å²) in [5, 5.41) is 4.38. The second-order valence-electron chi connectivity index (χ2n) is 5.48. The number of hydrogen-bond donors (Lipinski definition) is 1. The first-order valence-corrected chi connectivity index (χ1v) is 6.79. The zero-order valence-electron chi connectivity index (χ0n) is 12.0. The van der Waals surface area contributed by atoms with Crippen LogP contribution in [0.15, 0.2) is 24.3 Å². The van der Waals surface area contributed by atoms with Gasteiger partial charge in [0.1, 0.15) is 0 Å². The van der Waals surface area contributed by atoms with Gasteiger partial charge in [0.25, 0.3) is 0 Å². The lowest BCUT2D eigenvalue weighted by Gasteiger charge is -2.29. The van der Waals surface area contributed by atoms with Crippen LogP contribution in [0.3, 0.4) is 0 Å². The molecule has 0 radical (unpaired) electrons. The summed E-state index contributed by atoms with van der Waals surface area (Å²) < 4.78 is 5.45. The van der Waals surface area contributed by atoms with Crippen LogP contribution in [-0.4, -0.2) is 18.8 Å². The smallest absolute Gasteiger partial charge is 0.0637 e. The van der Waals surface area contributed by atoms with Crippen LogP contribution < -0.4 is 5.32 Å². The van der Waals surface area contributed by atoms with Crippen molar-refractivity contribution in [3.8, 4) is 0 Å². The van der Waals surface area contributed by atoms with Gasteiger partial charge >= 0.3 is 0 Å². The Morgan fingerprint density at radius 1 is 1.28 bits per heavy atom. The van der Waals surface area contributed by atoms with Crippen molar-refractivity contribution in [2.75, 3.05) is 7.11 Å². The second-order valence-corrected chi connectivity index (χ2v) is 5.89. The van der Waals surface area contributed by atoms with Crippen molar-refractivity contribution in [1.29, 1.82) is 0 Å². The van der Waals surface area contributed by atoms with Gasteiger partial charge < -0.3 is 10.1 Å². The van der Waals surface area contributed by atoms with E-state index < -0.39 is 0 Å². The fourth-order valence-corrected chi connectivity index (χ4v) is 2.52. The van der Waals surface area contributed by atoms with Crippen LogP contribution in [0.25, 0.3) is 0 Å². The SMILES string of the molecule is COC(C)(C)CC(C)N[C@@H](C)c1ccccc1Cl. The lowest BCUT2D eigenvalue weighted by Crippen LogP contribution is -2.37. The third kappa shape index (κ3) is 4.60. The minimum Gasteiger partial charge on any atom is -0.379 e. The summed E-state index contributed by atoms with van der Waals surface area (Å²) in [5.41, 5.74) is 1.04. The van der Waals surface area contributed by atoms with E-state index in [2.05, 4.69) is 39.1 Å². The van der Waals surface area contributed by atoms with Crippen LogP contribution in [0.2, 0.25) is 5.02 Å². The number of rotatable bonds is 6. The van der Waals surface area contributed by atoms with E-state index in [1.165, 1.54) is 0 Å². The van der Waals surface area contributed by atoms with Crippen LogP contribution in [-0.2, 0) is 4.74 Å². The quantitative estimate of drug-likeness (QED) is 0.836. The van der Waals surface area contributed by atoms with Gasteiger partial charge in [0.15, 0.2) is 0 Å². The maximum absolute atomic E-state index is 6.20. The lowest BCUT2D eigenvalue weighted by molar-refractivity contribution is 0.00782. The highest BCUT2D eigenvalue weighted by Gasteiger charge is 2.21. The molecule has 1 N–H and O–H groups in total. The van der Waals surface area contributed by atoms with E-state index in [1.54, 1.807) is 7.11 Å². The van der Waals surface area contributed by atoms with Crippen molar-refractivity contribution in [3.63, 3.8) is 0 Å². The Labute approximate surface area is 116 Å². The standard InChI is InChI=1S/C15H24ClNO/c1-11(10-15(3,4)18-5)17-12(2)13-8-6-7-9-14(13)16/h6-9,11-12,17H,10H2,1-5H3/t11?,12-/m0/s1. The molecule has 0 saturated carbocycles. The fraction of sp³-hybridized carbons (Fsp3) is 0.600. The number of ether oxygens (including phenoxy) is 1. The number of benzene rings is 1. The highest BCUT2D eigenvalue weighted by atomic mass is 35.5. The maximum Gasteiger partial charge on any atom is 0.0637 e. The maximum atomic E-state index is 6.20. The second kappa shape index (κ2) is 6.55. The van der Waals surface area contributed by atoms with E-state index in [1.807, 2.05) is 18.2 Å². The molecule has 0 saturated heterocycles. The summed E-state index contributed by atoms with van der Waals surface area (Å²) in [4.78, 5) is 0. The minimum absolute atomic E-state index is 0.105. The van der Waals surface area contributed by atoms with E-state index in [-0.39, 0.29) is 11.6 Å². The molecule has 2 atom stereocenters. The van der Waals surface area contributed by atoms with Crippen LogP contribution >= 0.6 is 11.6 Å². The van der Waals surface area contributed by atoms with Gasteiger partial charge in [0.2, 0.25) is 0 Å². The molecule has 1 aromatic carbocycles. The molecule has 0 spiro atoms. The molecule has 0 amide bonds. The summed E-state index contributed by atoms with van der Waals surface area (Å²) in [6, 6.07) is 8.57. The van der Waals surface area contributed by atoms with Crippen LogP contribution in [0, 0.1) is 0 Å². The van der Waals surface area contributed by atoms with E-state index in [0.29, 0.717) is 6.04 Å². The normalized spacial score (nSPS) is 15.4. The topological polar surface area (TPSA) is 21.3 Å². The molecule has 0 bridgehead atoms. The molecule has 0 heterocycles. The van der Waals surface area contributed by atoms with E-state index in [4.69, 9.17) is 16.3 Å². The third-order valence-electron chi connectivity index (χ3n) is 3.26. The van der Waals surface area contributed by atoms with Gasteiger partial charge in [-0.3, -0.25) is 0 Å². The summed E-state index contributed by atoms with van der Waals surface area (Å²) in [6.07, 6.45) is 0.957. The molecule has 0 aromatic heterocycles. The molecule has 0 aliphatic rings. The third-order valence-corrected chi connectivity index (χ3v) is 3.60. The predicted octanol–water partition coefficient (Wildman–Crippen LogP) is 4.19. The number of halogens is 1. The van der Waals surface area contributed by atoms with Crippen molar-refractivity contribution >= 4 is 11.6 Å². The Bertz CT molecular complexity index is 379. The number of methoxy groups -OCH3 is 1. The Kier molecular flexibility index (Phi) is 5.64. The average molecular weight is 270 g/mol. The van der Waals surface area contributed by atoms with Gasteiger partial charge in [-0.1, -0.05) is 29.8 Å². The molecule has 2 nitrogen and oxygen atoms in total. The van der Waals surface area contributed by atoms with Crippen LogP contribution in [0.4, 0.5) is 0 Å². The highest BCUT2D eigenvalue weighted by Crippen LogP contribution is 2.24. The van der Waals surface area contributed by atoms with Crippen LogP contribution in [0.1, 0.15) is 45.7 Å². The number of nitrogens with one attached hydrogen (secondary N) is 1. The van der Waals surface area contributed by atoms with Crippen molar-refractivity contribution in [2.45, 2.75) is 51.8 Å². The molecule has 102 valence electrons. The molecular formula is C15H24ClNO.